The van der Waals surface area contributed by atoms with E-state index in [1.54, 1.807) is 0 Å². The number of hydrogen-bond acceptors (Lipinski definition) is 0. The van der Waals surface area contributed by atoms with Gasteiger partial charge in [-0.15, -0.1) is 0 Å². The van der Waals surface area contributed by atoms with Crippen LogP contribution in [0.4, 0.5) is 0 Å². The normalized spacial score (nSPS) is 11.4. The highest BCUT2D eigenvalue weighted by Crippen LogP contribution is 2.25. The van der Waals surface area contributed by atoms with Crippen LogP contribution in [0.3, 0.4) is 0 Å². The first-order valence-electron chi connectivity index (χ1n) is 10.1. The first kappa shape index (κ1) is 23.3. The third-order valence-corrected chi connectivity index (χ3v) is 5.74. The molecule has 0 fully saturated rings. The maximum absolute atomic E-state index is 2.32. The molecule has 0 aliphatic heterocycles. The van der Waals surface area contributed by atoms with E-state index in [1.807, 2.05) is 0 Å². The van der Waals surface area contributed by atoms with E-state index in [9.17, 15) is 0 Å². The van der Waals surface area contributed by atoms with Crippen molar-refractivity contribution in [1.82, 2.24) is 0 Å². The molecule has 0 unspecified atom stereocenters. The number of rotatable bonds is 11. The summed E-state index contributed by atoms with van der Waals surface area (Å²) >= 11 is 0. The van der Waals surface area contributed by atoms with Gasteiger partial charge in [-0.25, -0.2) is 0 Å². The maximum atomic E-state index is 2.32. The van der Waals surface area contributed by atoms with Crippen LogP contribution in [0.1, 0.15) is 113 Å². The van der Waals surface area contributed by atoms with Gasteiger partial charge in [-0.2, -0.15) is 0 Å². The third kappa shape index (κ3) is 11.2. The van der Waals surface area contributed by atoms with Gasteiger partial charge in [0, 0.05) is 0 Å². The standard InChI is InChI=1S/C11H24.C10H22/c1-5-10(6-2)9-11(7-3)8-4;1-5-9(6-2)10(7-3)8-4/h10-11H,5-9H2,1-4H3;9-10H,5-8H2,1-4H3. The predicted molar refractivity (Wildman–Crippen MR) is 101 cm³/mol. The average molecular weight is 299 g/mol. The highest BCUT2D eigenvalue weighted by molar-refractivity contribution is 4.64. The highest BCUT2D eigenvalue weighted by Gasteiger charge is 2.13. The lowest BCUT2D eigenvalue weighted by molar-refractivity contribution is 0.295. The second-order valence-corrected chi connectivity index (χ2v) is 6.75. The SMILES string of the molecule is CCC(CC)C(CC)CC.CCC(CC)CC(CC)CC. The lowest BCUT2D eigenvalue weighted by atomic mass is 9.84. The van der Waals surface area contributed by atoms with Crippen LogP contribution in [0, 0.1) is 23.7 Å². The second-order valence-electron chi connectivity index (χ2n) is 6.75. The molecule has 0 saturated carbocycles. The molecule has 0 aromatic carbocycles. The van der Waals surface area contributed by atoms with Crippen molar-refractivity contribution >= 4 is 0 Å². The summed E-state index contributed by atoms with van der Waals surface area (Å²) < 4.78 is 0. The van der Waals surface area contributed by atoms with Crippen LogP contribution < -0.4 is 0 Å². The fraction of sp³-hybridized carbons (Fsp3) is 1.00. The fourth-order valence-electron chi connectivity index (χ4n) is 3.63. The summed E-state index contributed by atoms with van der Waals surface area (Å²) in [6, 6.07) is 0. The summed E-state index contributed by atoms with van der Waals surface area (Å²) in [7, 11) is 0. The Bertz CT molecular complexity index is 148. The monoisotopic (exact) mass is 298 g/mol. The maximum Gasteiger partial charge on any atom is -0.0391 e. The van der Waals surface area contributed by atoms with E-state index in [-0.39, 0.29) is 0 Å². The summed E-state index contributed by atoms with van der Waals surface area (Å²) in [5.74, 6) is 3.93. The molecule has 0 heterocycles. The van der Waals surface area contributed by atoms with Crippen molar-refractivity contribution < 1.29 is 0 Å². The van der Waals surface area contributed by atoms with Crippen LogP contribution in [-0.4, -0.2) is 0 Å². The quantitative estimate of drug-likeness (QED) is 0.361. The molecule has 0 rings (SSSR count). The Morgan fingerprint density at radius 2 is 0.619 bits per heavy atom. The molecule has 0 bridgehead atoms. The molecule has 0 saturated heterocycles. The zero-order valence-corrected chi connectivity index (χ0v) is 16.7. The zero-order chi connectivity index (χ0) is 16.7. The molecule has 0 N–H and O–H groups in total. The van der Waals surface area contributed by atoms with Crippen molar-refractivity contribution in [3.05, 3.63) is 0 Å². The van der Waals surface area contributed by atoms with E-state index in [0.29, 0.717) is 0 Å². The summed E-state index contributed by atoms with van der Waals surface area (Å²) in [4.78, 5) is 0. The van der Waals surface area contributed by atoms with Crippen molar-refractivity contribution in [2.45, 2.75) is 113 Å². The van der Waals surface area contributed by atoms with E-state index in [2.05, 4.69) is 55.4 Å². The van der Waals surface area contributed by atoms with E-state index >= 15 is 0 Å². The van der Waals surface area contributed by atoms with Gasteiger partial charge in [0.1, 0.15) is 0 Å². The molecule has 0 aliphatic rings. The smallest absolute Gasteiger partial charge is 0.0391 e. The van der Waals surface area contributed by atoms with E-state index in [4.69, 9.17) is 0 Å². The van der Waals surface area contributed by atoms with Crippen molar-refractivity contribution in [2.24, 2.45) is 23.7 Å². The minimum atomic E-state index is 0.981. The largest absolute Gasteiger partial charge is 0.0651 e. The molecule has 0 aliphatic carbocycles. The molecule has 0 aromatic rings. The minimum Gasteiger partial charge on any atom is -0.0651 e. The van der Waals surface area contributed by atoms with Gasteiger partial charge in [0.15, 0.2) is 0 Å². The van der Waals surface area contributed by atoms with Crippen molar-refractivity contribution in [3.8, 4) is 0 Å². The number of hydrogen-bond donors (Lipinski definition) is 0. The van der Waals surface area contributed by atoms with E-state index < -0.39 is 0 Å². The van der Waals surface area contributed by atoms with Crippen LogP contribution in [-0.2, 0) is 0 Å². The molecule has 0 amide bonds. The summed E-state index contributed by atoms with van der Waals surface area (Å²) in [6.07, 6.45) is 12.4. The van der Waals surface area contributed by atoms with Crippen molar-refractivity contribution in [2.75, 3.05) is 0 Å². The molecular weight excluding hydrogens is 252 g/mol. The van der Waals surface area contributed by atoms with Crippen LogP contribution >= 0.6 is 0 Å². The molecule has 0 aromatic heterocycles. The van der Waals surface area contributed by atoms with Gasteiger partial charge >= 0.3 is 0 Å². The molecule has 0 heteroatoms. The van der Waals surface area contributed by atoms with Crippen LogP contribution in [0.25, 0.3) is 0 Å². The van der Waals surface area contributed by atoms with Gasteiger partial charge < -0.3 is 0 Å². The van der Waals surface area contributed by atoms with Crippen molar-refractivity contribution in [1.29, 1.82) is 0 Å². The minimum absolute atomic E-state index is 0.981. The van der Waals surface area contributed by atoms with Crippen molar-refractivity contribution in [3.63, 3.8) is 0 Å². The first-order chi connectivity index (χ1) is 10.1. The van der Waals surface area contributed by atoms with E-state index in [0.717, 1.165) is 23.7 Å². The average Bonchev–Trinajstić information content (AvgIpc) is 2.54. The summed E-state index contributed by atoms with van der Waals surface area (Å²) in [6.45, 7) is 18.5. The molecule has 0 atom stereocenters. The Morgan fingerprint density at radius 3 is 0.762 bits per heavy atom. The van der Waals surface area contributed by atoms with E-state index in [1.165, 1.54) is 57.8 Å². The van der Waals surface area contributed by atoms with Gasteiger partial charge in [0.05, 0.1) is 0 Å². The van der Waals surface area contributed by atoms with Gasteiger partial charge in [-0.3, -0.25) is 0 Å². The Morgan fingerprint density at radius 1 is 0.381 bits per heavy atom. The molecule has 21 heavy (non-hydrogen) atoms. The van der Waals surface area contributed by atoms with Crippen LogP contribution in [0.15, 0.2) is 0 Å². The van der Waals surface area contributed by atoms with Gasteiger partial charge in [0.2, 0.25) is 0 Å². The zero-order valence-electron chi connectivity index (χ0n) is 16.7. The molecular formula is C21H46. The third-order valence-electron chi connectivity index (χ3n) is 5.74. The molecule has 0 nitrogen and oxygen atoms in total. The lowest BCUT2D eigenvalue weighted by Gasteiger charge is -2.22. The first-order valence-corrected chi connectivity index (χ1v) is 10.1. The summed E-state index contributed by atoms with van der Waals surface area (Å²) in [5.41, 5.74) is 0. The molecule has 130 valence electrons. The van der Waals surface area contributed by atoms with Crippen LogP contribution in [0.2, 0.25) is 0 Å². The second kappa shape index (κ2) is 16.4. The Labute approximate surface area is 137 Å². The van der Waals surface area contributed by atoms with Gasteiger partial charge in [0.25, 0.3) is 0 Å². The Balaban J connectivity index is 0. The van der Waals surface area contributed by atoms with Gasteiger partial charge in [-0.1, -0.05) is 107 Å². The Hall–Kier alpha value is 0. The Kier molecular flexibility index (Phi) is 18.1. The predicted octanol–water partition coefficient (Wildman–Crippen LogP) is 8.11. The lowest BCUT2D eigenvalue weighted by Crippen LogP contribution is -2.11. The fourth-order valence-corrected chi connectivity index (χ4v) is 3.63. The van der Waals surface area contributed by atoms with Crippen LogP contribution in [0.5, 0.6) is 0 Å². The topological polar surface area (TPSA) is 0 Å². The van der Waals surface area contributed by atoms with Gasteiger partial charge in [-0.05, 0) is 30.1 Å². The summed E-state index contributed by atoms with van der Waals surface area (Å²) in [5, 5.41) is 0. The highest BCUT2D eigenvalue weighted by atomic mass is 14.2. The molecule has 0 radical (unpaired) electrons. The molecule has 0 spiro atoms.